The molecule has 0 rings (SSSR count). The lowest BCUT2D eigenvalue weighted by Crippen LogP contribution is -2.20. The Kier molecular flexibility index (Phi) is 4.44. The van der Waals surface area contributed by atoms with Crippen molar-refractivity contribution in [1.82, 2.24) is 0 Å². The van der Waals surface area contributed by atoms with Gasteiger partial charge in [0, 0.05) is 7.11 Å². The first-order valence-corrected chi connectivity index (χ1v) is 7.80. The first kappa shape index (κ1) is 8.35. The zero-order chi connectivity index (χ0) is 6.57. The fourth-order valence-electron chi connectivity index (χ4n) is 0.577. The Balaban J connectivity index is 3.10. The first-order chi connectivity index (χ1) is 3.66. The molecule has 1 N–H and O–H groups in total. The van der Waals surface area contributed by atoms with E-state index in [4.69, 9.17) is 9.22 Å². The summed E-state index contributed by atoms with van der Waals surface area (Å²) in [6.45, 7) is 4.04. The molecule has 2 nitrogen and oxygen atoms in total. The molecule has 0 radical (unpaired) electrons. The van der Waals surface area contributed by atoms with Crippen molar-refractivity contribution in [3.63, 3.8) is 0 Å². The van der Waals surface area contributed by atoms with Gasteiger partial charge in [0.1, 0.15) is 0 Å². The zero-order valence-corrected chi connectivity index (χ0v) is 8.03. The van der Waals surface area contributed by atoms with Crippen LogP contribution in [-0.2, 0) is 4.43 Å². The van der Waals surface area contributed by atoms with Crippen molar-refractivity contribution in [2.75, 3.05) is 7.11 Å². The van der Waals surface area contributed by atoms with Crippen LogP contribution < -0.4 is 0 Å². The van der Waals surface area contributed by atoms with Gasteiger partial charge in [-0.25, -0.2) is 0 Å². The van der Waals surface area contributed by atoms with Crippen molar-refractivity contribution >= 4 is 18.1 Å². The first-order valence-electron chi connectivity index (χ1n) is 2.87. The van der Waals surface area contributed by atoms with Crippen molar-refractivity contribution in [2.24, 2.45) is 0 Å². The highest BCUT2D eigenvalue weighted by Gasteiger charge is 2.06. The lowest BCUT2D eigenvalue weighted by Gasteiger charge is -2.06. The number of rotatable bonds is 3. The predicted molar refractivity (Wildman–Crippen MR) is 40.1 cm³/mol. The van der Waals surface area contributed by atoms with Crippen LogP contribution in [0.1, 0.15) is 0 Å². The highest BCUT2D eigenvalue weighted by atomic mass is 28.4. The van der Waals surface area contributed by atoms with Crippen LogP contribution >= 0.6 is 0 Å². The molecular formula is C4H14O2Si2. The van der Waals surface area contributed by atoms with Gasteiger partial charge in [0.15, 0.2) is 18.1 Å². The summed E-state index contributed by atoms with van der Waals surface area (Å²) in [5.74, 6) is 0. The summed E-state index contributed by atoms with van der Waals surface area (Å²) < 4.78 is 5.07. The average molecular weight is 150 g/mol. The van der Waals surface area contributed by atoms with Gasteiger partial charge in [-0.1, -0.05) is 0 Å². The molecule has 0 amide bonds. The monoisotopic (exact) mass is 150 g/mol. The SMILES string of the molecule is CO[SiH](C)C[SiH](C)O. The summed E-state index contributed by atoms with van der Waals surface area (Å²) in [4.78, 5) is 8.95. The van der Waals surface area contributed by atoms with Crippen LogP contribution in [0.25, 0.3) is 0 Å². The van der Waals surface area contributed by atoms with Gasteiger partial charge in [0.2, 0.25) is 0 Å². The molecule has 0 aromatic heterocycles. The highest BCUT2D eigenvalue weighted by Crippen LogP contribution is 1.93. The van der Waals surface area contributed by atoms with E-state index in [1.807, 2.05) is 6.55 Å². The summed E-state index contributed by atoms with van der Waals surface area (Å²) >= 11 is 0. The predicted octanol–water partition coefficient (Wildman–Crippen LogP) is -0.129. The maximum atomic E-state index is 8.95. The van der Waals surface area contributed by atoms with Crippen molar-refractivity contribution in [1.29, 1.82) is 0 Å². The van der Waals surface area contributed by atoms with E-state index < -0.39 is 18.1 Å². The van der Waals surface area contributed by atoms with Gasteiger partial charge >= 0.3 is 0 Å². The van der Waals surface area contributed by atoms with Gasteiger partial charge in [-0.3, -0.25) is 0 Å². The van der Waals surface area contributed by atoms with Gasteiger partial charge < -0.3 is 9.22 Å². The molecule has 0 saturated carbocycles. The molecule has 2 unspecified atom stereocenters. The maximum Gasteiger partial charge on any atom is 0.172 e. The van der Waals surface area contributed by atoms with Crippen LogP contribution in [0.4, 0.5) is 0 Å². The van der Waals surface area contributed by atoms with Gasteiger partial charge in [-0.05, 0) is 18.8 Å². The molecular weight excluding hydrogens is 136 g/mol. The molecule has 0 aromatic rings. The van der Waals surface area contributed by atoms with Crippen molar-refractivity contribution in [3.05, 3.63) is 0 Å². The topological polar surface area (TPSA) is 29.5 Å². The molecule has 0 spiro atoms. The highest BCUT2D eigenvalue weighted by molar-refractivity contribution is 6.69. The molecule has 0 saturated heterocycles. The second-order valence-corrected chi connectivity index (χ2v) is 7.81. The quantitative estimate of drug-likeness (QED) is 0.568. The van der Waals surface area contributed by atoms with Crippen molar-refractivity contribution in [2.45, 2.75) is 18.8 Å². The van der Waals surface area contributed by atoms with Gasteiger partial charge in [-0.15, -0.1) is 0 Å². The van der Waals surface area contributed by atoms with Crippen molar-refractivity contribution in [3.8, 4) is 0 Å². The molecule has 0 bridgehead atoms. The molecule has 0 aromatic carbocycles. The fourth-order valence-corrected chi connectivity index (χ4v) is 5.19. The lowest BCUT2D eigenvalue weighted by atomic mass is 11.8. The third kappa shape index (κ3) is 4.51. The Labute approximate surface area is 53.9 Å². The molecule has 0 fully saturated rings. The molecule has 0 heterocycles. The Hall–Kier alpha value is 0.354. The van der Waals surface area contributed by atoms with Crippen LogP contribution in [-0.4, -0.2) is 30.0 Å². The number of hydrogen-bond donors (Lipinski definition) is 1. The third-order valence-electron chi connectivity index (χ3n) is 1.08. The van der Waals surface area contributed by atoms with E-state index in [2.05, 4.69) is 6.55 Å². The molecule has 0 aliphatic rings. The molecule has 0 aliphatic carbocycles. The van der Waals surface area contributed by atoms with Crippen LogP contribution in [0.3, 0.4) is 0 Å². The molecule has 4 heteroatoms. The second kappa shape index (κ2) is 4.25. The van der Waals surface area contributed by atoms with E-state index in [0.29, 0.717) is 0 Å². The summed E-state index contributed by atoms with van der Waals surface area (Å²) in [6, 6.07) is 0. The Morgan fingerprint density at radius 1 is 1.50 bits per heavy atom. The molecule has 0 aliphatic heterocycles. The van der Waals surface area contributed by atoms with E-state index in [1.54, 1.807) is 7.11 Å². The molecule has 8 heavy (non-hydrogen) atoms. The van der Waals surface area contributed by atoms with Gasteiger partial charge in [0.05, 0.1) is 0 Å². The summed E-state index contributed by atoms with van der Waals surface area (Å²) in [6.07, 6.45) is 0. The minimum Gasteiger partial charge on any atom is -0.435 e. The smallest absolute Gasteiger partial charge is 0.172 e. The molecule has 50 valence electrons. The molecule has 2 atom stereocenters. The van der Waals surface area contributed by atoms with Crippen LogP contribution in [0, 0.1) is 0 Å². The van der Waals surface area contributed by atoms with Gasteiger partial charge in [0.25, 0.3) is 0 Å². The maximum absolute atomic E-state index is 8.95. The van der Waals surface area contributed by atoms with Gasteiger partial charge in [-0.2, -0.15) is 0 Å². The normalized spacial score (nSPS) is 18.0. The van der Waals surface area contributed by atoms with E-state index in [1.165, 1.54) is 0 Å². The Bertz CT molecular complexity index is 58.0. The van der Waals surface area contributed by atoms with Crippen molar-refractivity contribution < 1.29 is 9.22 Å². The van der Waals surface area contributed by atoms with Crippen LogP contribution in [0.5, 0.6) is 0 Å². The lowest BCUT2D eigenvalue weighted by molar-refractivity contribution is 0.426. The van der Waals surface area contributed by atoms with E-state index >= 15 is 0 Å². The fraction of sp³-hybridized carbons (Fsp3) is 1.00. The summed E-state index contributed by atoms with van der Waals surface area (Å²) in [5.41, 5.74) is 0.997. The Morgan fingerprint density at radius 3 is 2.12 bits per heavy atom. The average Bonchev–Trinajstić information content (AvgIpc) is 1.65. The van der Waals surface area contributed by atoms with Crippen LogP contribution in [0.2, 0.25) is 18.8 Å². The standard InChI is InChI=1S/C4H14O2Si2/c1-6-8(3)4-7(2)5/h5,7-8H,4H2,1-3H3. The minimum absolute atomic E-state index is 0.927. The van der Waals surface area contributed by atoms with E-state index in [-0.39, 0.29) is 0 Å². The largest absolute Gasteiger partial charge is 0.435 e. The summed E-state index contributed by atoms with van der Waals surface area (Å²) in [5, 5.41) is 0. The minimum atomic E-state index is -1.31. The van der Waals surface area contributed by atoms with E-state index in [0.717, 1.165) is 5.67 Å². The number of hydrogen-bond acceptors (Lipinski definition) is 2. The second-order valence-electron chi connectivity index (χ2n) is 2.13. The third-order valence-corrected chi connectivity index (χ3v) is 7.26. The van der Waals surface area contributed by atoms with E-state index in [9.17, 15) is 0 Å². The van der Waals surface area contributed by atoms with Crippen LogP contribution in [0.15, 0.2) is 0 Å². The summed E-state index contributed by atoms with van der Waals surface area (Å²) in [7, 11) is -0.507. The Morgan fingerprint density at radius 2 is 2.00 bits per heavy atom. The zero-order valence-electron chi connectivity index (χ0n) is 5.72.